The number of fused-ring (bicyclic) bond motifs is 1. The van der Waals surface area contributed by atoms with Gasteiger partial charge in [-0.2, -0.15) is 13.2 Å². The first-order valence-corrected chi connectivity index (χ1v) is 12.0. The zero-order valence-electron chi connectivity index (χ0n) is 19.8. The lowest BCUT2D eigenvalue weighted by molar-refractivity contribution is -0.137. The van der Waals surface area contributed by atoms with Crippen LogP contribution in [0, 0.1) is 0 Å². The van der Waals surface area contributed by atoms with E-state index in [0.717, 1.165) is 31.1 Å². The van der Waals surface area contributed by atoms with Crippen molar-refractivity contribution in [3.8, 4) is 11.5 Å². The smallest absolute Gasteiger partial charge is 0.417 e. The summed E-state index contributed by atoms with van der Waals surface area (Å²) in [5.74, 6) is 1.27. The number of aryl methyl sites for hydroxylation is 1. The summed E-state index contributed by atoms with van der Waals surface area (Å²) in [6, 6.07) is 12.5. The standard InChI is InChI=1S/C26H23ClF3N5O2/c1-35-23-5-3-17(37-18-7-9-32-22(13-18)25(36)33-16-6-8-31-14-16)12-21(23)34-24(35)11-15-2-4-20(27)19(10-15)26(28,29)30/h2-5,7,9-10,12-13,16,31H,6,8,11,14H2,1H3,(H,33,36)/t16-/m1/s1. The van der Waals surface area contributed by atoms with E-state index in [4.69, 9.17) is 16.3 Å². The molecule has 2 N–H and O–H groups in total. The summed E-state index contributed by atoms with van der Waals surface area (Å²) < 4.78 is 47.5. The number of hydrogen-bond donors (Lipinski definition) is 2. The van der Waals surface area contributed by atoms with Crippen molar-refractivity contribution < 1.29 is 22.7 Å². The number of nitrogens with one attached hydrogen (secondary N) is 2. The van der Waals surface area contributed by atoms with Gasteiger partial charge in [-0.15, -0.1) is 0 Å². The Morgan fingerprint density at radius 2 is 2.00 bits per heavy atom. The van der Waals surface area contributed by atoms with Crippen molar-refractivity contribution in [2.45, 2.75) is 25.1 Å². The number of halogens is 4. The molecule has 1 atom stereocenters. The van der Waals surface area contributed by atoms with Crippen LogP contribution in [0.3, 0.4) is 0 Å². The molecule has 0 bridgehead atoms. The summed E-state index contributed by atoms with van der Waals surface area (Å²) in [6.07, 6.45) is -1.96. The van der Waals surface area contributed by atoms with Crippen LogP contribution >= 0.6 is 11.6 Å². The number of alkyl halides is 3. The fourth-order valence-electron chi connectivity index (χ4n) is 4.31. The van der Waals surface area contributed by atoms with E-state index in [2.05, 4.69) is 20.6 Å². The minimum absolute atomic E-state index is 0.0764. The fraction of sp³-hybridized carbons (Fsp3) is 0.269. The fourth-order valence-corrected chi connectivity index (χ4v) is 4.53. The van der Waals surface area contributed by atoms with Gasteiger partial charge in [0.15, 0.2) is 0 Å². The molecule has 1 amide bonds. The topological polar surface area (TPSA) is 81.1 Å². The molecule has 5 rings (SSSR count). The van der Waals surface area contributed by atoms with Crippen LogP contribution in [0.25, 0.3) is 11.0 Å². The number of pyridine rings is 1. The number of aromatic nitrogens is 3. The van der Waals surface area contributed by atoms with E-state index in [-0.39, 0.29) is 29.1 Å². The maximum Gasteiger partial charge on any atom is 0.417 e. The lowest BCUT2D eigenvalue weighted by Crippen LogP contribution is -2.36. The van der Waals surface area contributed by atoms with Crippen LogP contribution < -0.4 is 15.4 Å². The molecule has 1 saturated heterocycles. The highest BCUT2D eigenvalue weighted by Gasteiger charge is 2.33. The summed E-state index contributed by atoms with van der Waals surface area (Å²) in [6.45, 7) is 1.60. The van der Waals surface area contributed by atoms with Crippen LogP contribution in [0.4, 0.5) is 13.2 Å². The van der Waals surface area contributed by atoms with Crippen LogP contribution in [0.5, 0.6) is 11.5 Å². The molecule has 37 heavy (non-hydrogen) atoms. The molecule has 1 fully saturated rings. The molecular formula is C26H23ClF3N5O2. The third-order valence-electron chi connectivity index (χ3n) is 6.24. The molecule has 0 spiro atoms. The van der Waals surface area contributed by atoms with Crippen molar-refractivity contribution in [3.05, 3.63) is 82.4 Å². The quantitative estimate of drug-likeness (QED) is 0.362. The van der Waals surface area contributed by atoms with Gasteiger partial charge in [0.1, 0.15) is 23.0 Å². The Bertz CT molecular complexity index is 1460. The van der Waals surface area contributed by atoms with Crippen molar-refractivity contribution in [2.75, 3.05) is 13.1 Å². The SMILES string of the molecule is Cn1c(Cc2ccc(Cl)c(C(F)(F)F)c2)nc2cc(Oc3ccnc(C(=O)N[C@@H]4CCNC4)c3)ccc21. The summed E-state index contributed by atoms with van der Waals surface area (Å²) in [7, 11) is 1.80. The van der Waals surface area contributed by atoms with E-state index in [1.165, 1.54) is 12.3 Å². The van der Waals surface area contributed by atoms with E-state index in [1.807, 2.05) is 10.6 Å². The molecule has 2 aromatic carbocycles. The second-order valence-electron chi connectivity index (χ2n) is 8.87. The van der Waals surface area contributed by atoms with E-state index in [0.29, 0.717) is 28.4 Å². The monoisotopic (exact) mass is 529 g/mol. The summed E-state index contributed by atoms with van der Waals surface area (Å²) in [4.78, 5) is 21.3. The number of carbonyl (C=O) groups is 1. The first-order chi connectivity index (χ1) is 17.7. The first kappa shape index (κ1) is 25.0. The normalized spacial score (nSPS) is 15.8. The molecule has 0 aliphatic carbocycles. The second-order valence-corrected chi connectivity index (χ2v) is 9.28. The van der Waals surface area contributed by atoms with Crippen LogP contribution in [-0.2, 0) is 19.6 Å². The number of ether oxygens (including phenoxy) is 1. The zero-order valence-corrected chi connectivity index (χ0v) is 20.5. The van der Waals surface area contributed by atoms with Crippen molar-refractivity contribution in [1.82, 2.24) is 25.2 Å². The molecule has 3 heterocycles. The predicted molar refractivity (Wildman–Crippen MR) is 133 cm³/mol. The zero-order chi connectivity index (χ0) is 26.2. The highest BCUT2D eigenvalue weighted by molar-refractivity contribution is 6.31. The molecule has 1 aliphatic heterocycles. The van der Waals surface area contributed by atoms with E-state index < -0.39 is 11.7 Å². The molecule has 11 heteroatoms. The Labute approximate surface area is 215 Å². The Kier molecular flexibility index (Phi) is 6.78. The van der Waals surface area contributed by atoms with Crippen LogP contribution in [0.2, 0.25) is 5.02 Å². The number of rotatable bonds is 6. The Morgan fingerprint density at radius 3 is 2.76 bits per heavy atom. The third kappa shape index (κ3) is 5.55. The number of nitrogens with zero attached hydrogens (tertiary/aromatic N) is 3. The van der Waals surface area contributed by atoms with E-state index in [9.17, 15) is 18.0 Å². The predicted octanol–water partition coefficient (Wildman–Crippen LogP) is 5.12. The number of carbonyl (C=O) groups excluding carboxylic acids is 1. The van der Waals surface area contributed by atoms with Gasteiger partial charge in [0.25, 0.3) is 5.91 Å². The number of amides is 1. The number of imidazole rings is 1. The highest BCUT2D eigenvalue weighted by Crippen LogP contribution is 2.35. The van der Waals surface area contributed by atoms with Crippen LogP contribution in [0.15, 0.2) is 54.7 Å². The molecule has 2 aromatic heterocycles. The van der Waals surface area contributed by atoms with E-state index in [1.54, 1.807) is 37.4 Å². The molecule has 7 nitrogen and oxygen atoms in total. The second kappa shape index (κ2) is 10.0. The minimum atomic E-state index is -4.53. The lowest BCUT2D eigenvalue weighted by Gasteiger charge is -2.11. The van der Waals surface area contributed by atoms with Crippen molar-refractivity contribution in [1.29, 1.82) is 0 Å². The molecule has 192 valence electrons. The average Bonchev–Trinajstić information content (AvgIpc) is 3.47. The van der Waals surface area contributed by atoms with Gasteiger partial charge in [-0.1, -0.05) is 17.7 Å². The average molecular weight is 530 g/mol. The van der Waals surface area contributed by atoms with Gasteiger partial charge >= 0.3 is 6.18 Å². The van der Waals surface area contributed by atoms with Gasteiger partial charge in [-0.05, 0) is 48.9 Å². The van der Waals surface area contributed by atoms with Crippen LogP contribution in [0.1, 0.15) is 33.9 Å². The van der Waals surface area contributed by atoms with Gasteiger partial charge in [0.05, 0.1) is 21.6 Å². The number of hydrogen-bond acceptors (Lipinski definition) is 5. The van der Waals surface area contributed by atoms with Gasteiger partial charge in [-0.25, -0.2) is 4.98 Å². The molecular weight excluding hydrogens is 507 g/mol. The molecule has 1 aliphatic rings. The van der Waals surface area contributed by atoms with Gasteiger partial charge in [-0.3, -0.25) is 9.78 Å². The van der Waals surface area contributed by atoms with Crippen molar-refractivity contribution >= 4 is 28.5 Å². The molecule has 0 unspecified atom stereocenters. The maximum atomic E-state index is 13.2. The lowest BCUT2D eigenvalue weighted by atomic mass is 10.1. The molecule has 0 saturated carbocycles. The molecule has 4 aromatic rings. The summed E-state index contributed by atoms with van der Waals surface area (Å²) >= 11 is 5.74. The third-order valence-corrected chi connectivity index (χ3v) is 6.57. The van der Waals surface area contributed by atoms with Gasteiger partial charge in [0.2, 0.25) is 0 Å². The van der Waals surface area contributed by atoms with Gasteiger partial charge < -0.3 is 19.9 Å². The largest absolute Gasteiger partial charge is 0.457 e. The van der Waals surface area contributed by atoms with Gasteiger partial charge in [0, 0.05) is 44.4 Å². The van der Waals surface area contributed by atoms with Crippen LogP contribution in [-0.4, -0.2) is 39.6 Å². The summed E-state index contributed by atoms with van der Waals surface area (Å²) in [5, 5.41) is 5.81. The Balaban J connectivity index is 1.34. The van der Waals surface area contributed by atoms with E-state index >= 15 is 0 Å². The Morgan fingerprint density at radius 1 is 1.19 bits per heavy atom. The molecule has 0 radical (unpaired) electrons. The van der Waals surface area contributed by atoms with Crippen molar-refractivity contribution in [2.24, 2.45) is 7.05 Å². The maximum absolute atomic E-state index is 13.2. The first-order valence-electron chi connectivity index (χ1n) is 11.6. The summed E-state index contributed by atoms with van der Waals surface area (Å²) in [5.41, 5.74) is 1.26. The Hall–Kier alpha value is -3.63. The van der Waals surface area contributed by atoms with Crippen molar-refractivity contribution in [3.63, 3.8) is 0 Å². The minimum Gasteiger partial charge on any atom is -0.457 e. The number of benzene rings is 2. The highest BCUT2D eigenvalue weighted by atomic mass is 35.5.